The zero-order valence-corrected chi connectivity index (χ0v) is 37.5. The Morgan fingerprint density at radius 1 is 1.00 bits per heavy atom. The van der Waals surface area contributed by atoms with Crippen molar-refractivity contribution in [1.29, 1.82) is 0 Å². The molecule has 2 saturated heterocycles. The van der Waals surface area contributed by atoms with Crippen LogP contribution in [0.1, 0.15) is 81.3 Å². The van der Waals surface area contributed by atoms with Crippen LogP contribution >= 0.6 is 11.9 Å². The highest BCUT2D eigenvalue weighted by atomic mass is 32.2. The quantitative estimate of drug-likeness (QED) is 0.0563. The van der Waals surface area contributed by atoms with Crippen molar-refractivity contribution in [3.63, 3.8) is 0 Å². The van der Waals surface area contributed by atoms with Gasteiger partial charge in [0.15, 0.2) is 0 Å². The zero-order valence-electron chi connectivity index (χ0n) is 36.7. The maximum atomic E-state index is 13.9. The highest BCUT2D eigenvalue weighted by Gasteiger charge is 2.30. The molecule has 0 unspecified atom stereocenters. The first-order chi connectivity index (χ1) is 29.9. The average Bonchev–Trinajstić information content (AvgIpc) is 3.74. The van der Waals surface area contributed by atoms with Crippen LogP contribution in [0.15, 0.2) is 95.7 Å². The molecular weight excluding hydrogens is 797 g/mol. The Bertz CT molecular complexity index is 2410. The number of amides is 1. The summed E-state index contributed by atoms with van der Waals surface area (Å²) in [6, 6.07) is 24.2. The second kappa shape index (κ2) is 18.9. The Morgan fingerprint density at radius 2 is 1.77 bits per heavy atom. The molecule has 1 aliphatic carbocycles. The number of fused-ring (bicyclic) bond motifs is 1. The number of ether oxygens (including phenoxy) is 1. The highest BCUT2D eigenvalue weighted by Crippen LogP contribution is 2.43. The van der Waals surface area contributed by atoms with Gasteiger partial charge >= 0.3 is 0 Å². The number of H-pyrrole nitrogens is 1. The summed E-state index contributed by atoms with van der Waals surface area (Å²) in [4.78, 5) is 41.3. The van der Waals surface area contributed by atoms with Gasteiger partial charge in [-0.05, 0) is 137 Å². The third-order valence-corrected chi connectivity index (χ3v) is 13.7. The van der Waals surface area contributed by atoms with E-state index in [1.165, 1.54) is 29.2 Å². The van der Waals surface area contributed by atoms with Gasteiger partial charge < -0.3 is 24.8 Å². The molecule has 2 aliphatic heterocycles. The molecule has 3 N–H and O–H groups in total. The van der Waals surface area contributed by atoms with Crippen LogP contribution in [0.25, 0.3) is 16.6 Å². The lowest BCUT2D eigenvalue weighted by Gasteiger charge is -2.39. The molecule has 2 fully saturated rings. The van der Waals surface area contributed by atoms with Crippen molar-refractivity contribution >= 4 is 51.5 Å². The van der Waals surface area contributed by atoms with Crippen LogP contribution in [0.4, 0.5) is 17.1 Å². The van der Waals surface area contributed by atoms with E-state index in [0.29, 0.717) is 51.6 Å². The maximum absolute atomic E-state index is 13.9. The van der Waals surface area contributed by atoms with Crippen molar-refractivity contribution in [2.75, 3.05) is 62.6 Å². The lowest BCUT2D eigenvalue weighted by Crippen LogP contribution is -2.47. The van der Waals surface area contributed by atoms with Gasteiger partial charge in [0.1, 0.15) is 22.8 Å². The zero-order chi connectivity index (χ0) is 43.4. The Morgan fingerprint density at radius 3 is 2.52 bits per heavy atom. The molecule has 5 aromatic rings. The number of anilines is 2. The fraction of sp³-hybridized carbons (Fsp3) is 0.429. The van der Waals surface area contributed by atoms with E-state index in [1.807, 2.05) is 30.5 Å². The number of allylic oxidation sites excluding steroid dienone is 1. The fourth-order valence-electron chi connectivity index (χ4n) is 9.05. The minimum Gasteiger partial charge on any atom is -0.455 e. The topological polar surface area (TPSA) is 132 Å². The summed E-state index contributed by atoms with van der Waals surface area (Å²) in [5, 5.41) is 16.4. The maximum Gasteiger partial charge on any atom is 0.293 e. The van der Waals surface area contributed by atoms with Crippen LogP contribution < -0.4 is 19.7 Å². The largest absolute Gasteiger partial charge is 0.455 e. The second-order valence-electron chi connectivity index (χ2n) is 18.3. The standard InChI is InChI=1S/C49H60N8O4S/c1-33(2)55-20-16-35(17-21-55)30-51-44-13-11-41(28-45(44)57(59)60)62-53-48(58)42-12-10-39(27-46(42)61-40-26-37-15-19-50-47(37)52-31-40)56-24-22-54(23-25-56)32-38-14-18-49(4,5)29-43(38)36-8-6-34(3)7-9-36/h6-13,15,19,26-28,31,33,35,51H,14,16-18,20-25,29-30,32H2,1-5H3,(H,50,52)(H,53,58). The monoisotopic (exact) mass is 856 g/mol. The fourth-order valence-corrected chi connectivity index (χ4v) is 9.67. The van der Waals surface area contributed by atoms with Crippen LogP contribution in [0.5, 0.6) is 11.5 Å². The van der Waals surface area contributed by atoms with E-state index in [9.17, 15) is 14.9 Å². The first-order valence-electron chi connectivity index (χ1n) is 22.1. The number of nitrogens with zero attached hydrogens (tertiary/aromatic N) is 5. The lowest BCUT2D eigenvalue weighted by molar-refractivity contribution is -0.384. The minimum absolute atomic E-state index is 0.0175. The van der Waals surface area contributed by atoms with Crippen molar-refractivity contribution < 1.29 is 14.5 Å². The predicted octanol–water partition coefficient (Wildman–Crippen LogP) is 10.3. The number of benzene rings is 3. The Kier molecular flexibility index (Phi) is 13.2. The number of aromatic nitrogens is 2. The third kappa shape index (κ3) is 10.4. The highest BCUT2D eigenvalue weighted by molar-refractivity contribution is 7.98. The number of carbonyl (C=O) groups is 1. The molecule has 4 heterocycles. The van der Waals surface area contributed by atoms with E-state index in [1.54, 1.807) is 30.0 Å². The van der Waals surface area contributed by atoms with Gasteiger partial charge in [0.25, 0.3) is 11.6 Å². The second-order valence-corrected chi connectivity index (χ2v) is 19.2. The van der Waals surface area contributed by atoms with Crippen LogP contribution in [0, 0.1) is 28.4 Å². The molecule has 2 aromatic heterocycles. The Hall–Kier alpha value is -5.37. The smallest absolute Gasteiger partial charge is 0.293 e. The molecule has 0 saturated carbocycles. The molecule has 0 spiro atoms. The molecule has 0 radical (unpaired) electrons. The summed E-state index contributed by atoms with van der Waals surface area (Å²) >= 11 is 1.05. The molecule has 8 rings (SSSR count). The van der Waals surface area contributed by atoms with Crippen molar-refractivity contribution in [1.82, 2.24) is 24.5 Å². The number of nitrogens with one attached hydrogen (secondary N) is 3. The Balaban J connectivity index is 0.949. The molecule has 326 valence electrons. The number of nitro benzene ring substituents is 1. The Labute approximate surface area is 369 Å². The molecule has 3 aliphatic rings. The van der Waals surface area contributed by atoms with Crippen molar-refractivity contribution in [3.05, 3.63) is 118 Å². The van der Waals surface area contributed by atoms with Crippen molar-refractivity contribution in [3.8, 4) is 11.5 Å². The normalized spacial score (nSPS) is 17.7. The number of pyridine rings is 1. The van der Waals surface area contributed by atoms with Gasteiger partial charge in [0.2, 0.25) is 0 Å². The number of likely N-dealkylation sites (tertiary alicyclic amines) is 1. The van der Waals surface area contributed by atoms with Crippen LogP contribution in [-0.2, 0) is 0 Å². The number of piperidine rings is 1. The van der Waals surface area contributed by atoms with Crippen LogP contribution in [0.3, 0.4) is 0 Å². The summed E-state index contributed by atoms with van der Waals surface area (Å²) in [5.74, 6) is 1.00. The lowest BCUT2D eigenvalue weighted by atomic mass is 9.72. The molecular formula is C49H60N8O4S. The number of nitro groups is 1. The molecule has 13 heteroatoms. The number of aryl methyl sites for hydroxylation is 1. The molecule has 3 aromatic carbocycles. The molecule has 62 heavy (non-hydrogen) atoms. The molecule has 0 bridgehead atoms. The minimum atomic E-state index is -0.372. The number of rotatable bonds is 14. The molecule has 1 amide bonds. The third-order valence-electron chi connectivity index (χ3n) is 12.9. The van der Waals surface area contributed by atoms with Gasteiger partial charge in [-0.3, -0.25) is 24.5 Å². The summed E-state index contributed by atoms with van der Waals surface area (Å²) in [5.41, 5.74) is 8.55. The van der Waals surface area contributed by atoms with Crippen molar-refractivity contribution in [2.45, 2.75) is 77.7 Å². The average molecular weight is 857 g/mol. The van der Waals surface area contributed by atoms with Crippen molar-refractivity contribution in [2.24, 2.45) is 11.3 Å². The van der Waals surface area contributed by atoms with E-state index in [0.717, 1.165) is 100 Å². The SMILES string of the molecule is Cc1ccc(C2=C(CN3CCN(c4ccc(C(=O)NSc5ccc(NCC6CCN(C(C)C)CC6)c([N+](=O)[O-])c5)c(Oc5cnc6[nH]ccc6c5)c4)CC3)CCC(C)(C)C2)cc1. The predicted molar refractivity (Wildman–Crippen MR) is 251 cm³/mol. The van der Waals surface area contributed by atoms with Gasteiger partial charge in [-0.1, -0.05) is 49.2 Å². The molecule has 0 atom stereocenters. The van der Waals surface area contributed by atoms with E-state index in [-0.39, 0.29) is 16.5 Å². The van der Waals surface area contributed by atoms with E-state index in [2.05, 4.69) is 93.6 Å². The van der Waals surface area contributed by atoms with E-state index < -0.39 is 0 Å². The molecule has 12 nitrogen and oxygen atoms in total. The van der Waals surface area contributed by atoms with Gasteiger partial charge in [-0.25, -0.2) is 4.98 Å². The number of carbonyl (C=O) groups excluding carboxylic acids is 1. The summed E-state index contributed by atoms with van der Waals surface area (Å²) < 4.78 is 9.38. The number of aromatic amines is 1. The number of piperazine rings is 1. The first kappa shape index (κ1) is 43.3. The van der Waals surface area contributed by atoms with Gasteiger partial charge in [-0.2, -0.15) is 0 Å². The number of hydrogen-bond donors (Lipinski definition) is 3. The summed E-state index contributed by atoms with van der Waals surface area (Å²) in [6.07, 6.45) is 9.03. The van der Waals surface area contributed by atoms with Crippen LogP contribution in [-0.4, -0.2) is 89.0 Å². The van der Waals surface area contributed by atoms with Gasteiger partial charge in [-0.15, -0.1) is 0 Å². The van der Waals surface area contributed by atoms with E-state index >= 15 is 0 Å². The number of hydrogen-bond acceptors (Lipinski definition) is 10. The van der Waals surface area contributed by atoms with Crippen LogP contribution in [0.2, 0.25) is 0 Å². The summed E-state index contributed by atoms with van der Waals surface area (Å²) in [6.45, 7) is 18.7. The van der Waals surface area contributed by atoms with Gasteiger partial charge in [0.05, 0.1) is 16.7 Å². The van der Waals surface area contributed by atoms with Gasteiger partial charge in [0, 0.05) is 79.6 Å². The first-order valence-corrected chi connectivity index (χ1v) is 22.9. The van der Waals surface area contributed by atoms with E-state index in [4.69, 9.17) is 4.74 Å². The summed E-state index contributed by atoms with van der Waals surface area (Å²) in [7, 11) is 0.